The Kier molecular flexibility index (Phi) is 12.6. The lowest BCUT2D eigenvalue weighted by Gasteiger charge is -2.32. The van der Waals surface area contributed by atoms with Gasteiger partial charge in [-0.3, -0.25) is 0 Å². The van der Waals surface area contributed by atoms with Crippen molar-refractivity contribution >= 4 is 27.9 Å². The highest BCUT2D eigenvalue weighted by Crippen LogP contribution is 2.22. The number of hydrogen-bond donors (Lipinski definition) is 0. The SMILES string of the molecule is CCO[Si](C=C([SiH3])[Si](OCC)(OCC)OCC)(OCC)OCC. The average molecular weight is 383 g/mol. The topological polar surface area (TPSA) is 55.4 Å². The molecular weight excluding hydrogens is 348 g/mol. The van der Waals surface area contributed by atoms with E-state index in [4.69, 9.17) is 26.6 Å². The van der Waals surface area contributed by atoms with Crippen molar-refractivity contribution in [3.8, 4) is 0 Å². The Morgan fingerprint density at radius 3 is 1.22 bits per heavy atom. The molecule has 0 aromatic carbocycles. The van der Waals surface area contributed by atoms with Crippen molar-refractivity contribution in [2.45, 2.75) is 41.5 Å². The van der Waals surface area contributed by atoms with Crippen LogP contribution in [0.4, 0.5) is 0 Å². The summed E-state index contributed by atoms with van der Waals surface area (Å²) in [5.41, 5.74) is 1.99. The lowest BCUT2D eigenvalue weighted by Crippen LogP contribution is -2.52. The van der Waals surface area contributed by atoms with Gasteiger partial charge in [0.2, 0.25) is 0 Å². The van der Waals surface area contributed by atoms with E-state index >= 15 is 0 Å². The fourth-order valence-corrected chi connectivity index (χ4v) is 10.2. The quantitative estimate of drug-likeness (QED) is 0.423. The van der Waals surface area contributed by atoms with Gasteiger partial charge in [-0.25, -0.2) is 0 Å². The second kappa shape index (κ2) is 12.5. The summed E-state index contributed by atoms with van der Waals surface area (Å²) >= 11 is 0. The third-order valence-electron chi connectivity index (χ3n) is 2.92. The lowest BCUT2D eigenvalue weighted by molar-refractivity contribution is 0.0777. The van der Waals surface area contributed by atoms with Gasteiger partial charge in [0.05, 0.1) is 0 Å². The van der Waals surface area contributed by atoms with Gasteiger partial charge in [-0.05, 0) is 52.1 Å². The highest BCUT2D eigenvalue weighted by atomic mass is 28.4. The van der Waals surface area contributed by atoms with Crippen LogP contribution < -0.4 is 0 Å². The molecule has 0 radical (unpaired) electrons. The summed E-state index contributed by atoms with van der Waals surface area (Å²) in [4.78, 5) is 1.02. The smallest absolute Gasteiger partial charge is 0.371 e. The van der Waals surface area contributed by atoms with Gasteiger partial charge in [0.15, 0.2) is 0 Å². The van der Waals surface area contributed by atoms with Gasteiger partial charge in [0.25, 0.3) is 0 Å². The maximum absolute atomic E-state index is 5.97. The third-order valence-corrected chi connectivity index (χ3v) is 11.9. The summed E-state index contributed by atoms with van der Waals surface area (Å²) in [5.74, 6) is 0. The van der Waals surface area contributed by atoms with Crippen LogP contribution in [0.1, 0.15) is 41.5 Å². The summed E-state index contributed by atoms with van der Waals surface area (Å²) in [7, 11) is -5.03. The van der Waals surface area contributed by atoms with Crippen LogP contribution in [0.2, 0.25) is 0 Å². The predicted octanol–water partition coefficient (Wildman–Crippen LogP) is 1.41. The van der Waals surface area contributed by atoms with E-state index in [0.717, 1.165) is 15.1 Å². The second-order valence-electron chi connectivity index (χ2n) is 4.59. The Morgan fingerprint density at radius 1 is 0.652 bits per heavy atom. The maximum atomic E-state index is 5.97. The molecule has 0 rings (SSSR count). The first-order chi connectivity index (χ1) is 11.0. The third kappa shape index (κ3) is 7.28. The van der Waals surface area contributed by atoms with E-state index in [1.54, 1.807) is 0 Å². The Morgan fingerprint density at radius 2 is 0.957 bits per heavy atom. The van der Waals surface area contributed by atoms with Crippen molar-refractivity contribution < 1.29 is 26.6 Å². The second-order valence-corrected chi connectivity index (χ2v) is 11.8. The van der Waals surface area contributed by atoms with Crippen molar-refractivity contribution in [1.82, 2.24) is 0 Å². The Bertz CT molecular complexity index is 306. The molecule has 0 saturated heterocycles. The normalized spacial score (nSPS) is 13.7. The zero-order valence-corrected chi connectivity index (χ0v) is 19.8. The molecule has 0 aliphatic carbocycles. The predicted molar refractivity (Wildman–Crippen MR) is 99.3 cm³/mol. The molecule has 0 aliphatic heterocycles. The number of rotatable bonds is 14. The van der Waals surface area contributed by atoms with Crippen molar-refractivity contribution in [2.75, 3.05) is 39.6 Å². The van der Waals surface area contributed by atoms with Gasteiger partial charge in [-0.15, -0.1) is 0 Å². The van der Waals surface area contributed by atoms with Crippen LogP contribution in [0.3, 0.4) is 0 Å². The Hall–Kier alpha value is 0.151. The molecule has 0 amide bonds. The van der Waals surface area contributed by atoms with Crippen LogP contribution in [0, 0.1) is 0 Å². The summed E-state index contributed by atoms with van der Waals surface area (Å²) in [6.45, 7) is 14.9. The molecule has 0 heterocycles. The highest BCUT2D eigenvalue weighted by molar-refractivity contribution is 6.81. The highest BCUT2D eigenvalue weighted by Gasteiger charge is 2.47. The molecule has 0 aromatic rings. The molecule has 0 N–H and O–H groups in total. The molecule has 6 nitrogen and oxygen atoms in total. The van der Waals surface area contributed by atoms with Crippen LogP contribution in [0.25, 0.3) is 0 Å². The Balaban J connectivity index is 5.75. The van der Waals surface area contributed by atoms with Crippen LogP contribution in [0.5, 0.6) is 0 Å². The van der Waals surface area contributed by atoms with E-state index in [1.807, 2.05) is 47.2 Å². The van der Waals surface area contributed by atoms with Crippen LogP contribution in [-0.4, -0.2) is 67.5 Å². The fraction of sp³-hybridized carbons (Fsp3) is 0.857. The van der Waals surface area contributed by atoms with E-state index in [-0.39, 0.29) is 0 Å². The zero-order chi connectivity index (χ0) is 17.8. The molecule has 0 fully saturated rings. The van der Waals surface area contributed by atoms with E-state index in [9.17, 15) is 0 Å². The molecule has 23 heavy (non-hydrogen) atoms. The van der Waals surface area contributed by atoms with E-state index in [2.05, 4.69) is 0 Å². The van der Waals surface area contributed by atoms with Gasteiger partial charge >= 0.3 is 17.6 Å². The largest absolute Gasteiger partial charge is 0.528 e. The van der Waals surface area contributed by atoms with Crippen molar-refractivity contribution in [2.24, 2.45) is 0 Å². The van der Waals surface area contributed by atoms with Crippen molar-refractivity contribution in [3.05, 3.63) is 10.5 Å². The molecule has 9 heteroatoms. The van der Waals surface area contributed by atoms with Crippen molar-refractivity contribution in [3.63, 3.8) is 0 Å². The van der Waals surface area contributed by atoms with Gasteiger partial charge in [-0.2, -0.15) is 0 Å². The first-order valence-corrected chi connectivity index (χ1v) is 13.1. The first-order valence-electron chi connectivity index (χ1n) is 8.53. The van der Waals surface area contributed by atoms with Crippen molar-refractivity contribution in [1.29, 1.82) is 0 Å². The standard InChI is InChI=1S/C14H34O6Si3/c1-7-15-22(16-8-2,17-9-3)13-14(21)23(18-10-4,19-11-5)20-12-6/h13H,7-12H2,1-6,21H3. The molecule has 0 spiro atoms. The zero-order valence-electron chi connectivity index (χ0n) is 15.8. The lowest BCUT2D eigenvalue weighted by atomic mass is 10.9. The van der Waals surface area contributed by atoms with E-state index in [0.29, 0.717) is 39.6 Å². The molecule has 0 atom stereocenters. The minimum atomic E-state index is -2.89. The monoisotopic (exact) mass is 382 g/mol. The molecule has 0 bridgehead atoms. The maximum Gasteiger partial charge on any atom is 0.528 e. The van der Waals surface area contributed by atoms with Gasteiger partial charge < -0.3 is 26.6 Å². The first kappa shape index (κ1) is 23.2. The Labute approximate surface area is 146 Å². The molecular formula is C14H34O6Si3. The summed E-state index contributed by atoms with van der Waals surface area (Å²) in [6.07, 6.45) is 0. The van der Waals surface area contributed by atoms with Gasteiger partial charge in [0, 0.05) is 49.9 Å². The number of hydrogen-bond acceptors (Lipinski definition) is 6. The van der Waals surface area contributed by atoms with Crippen LogP contribution in [-0.2, 0) is 26.6 Å². The van der Waals surface area contributed by atoms with Gasteiger partial charge in [-0.1, -0.05) is 0 Å². The van der Waals surface area contributed by atoms with Gasteiger partial charge in [0.1, 0.15) is 0 Å². The summed E-state index contributed by atoms with van der Waals surface area (Å²) in [6, 6.07) is 0. The van der Waals surface area contributed by atoms with E-state index < -0.39 is 17.6 Å². The molecule has 0 saturated carbocycles. The fourth-order valence-electron chi connectivity index (χ4n) is 2.24. The minimum Gasteiger partial charge on any atom is -0.371 e. The molecule has 138 valence electrons. The summed E-state index contributed by atoms with van der Waals surface area (Å²) in [5, 5.41) is 0. The summed E-state index contributed by atoms with van der Waals surface area (Å²) < 4.78 is 35.6. The minimum absolute atomic E-state index is 0.532. The van der Waals surface area contributed by atoms with Crippen LogP contribution in [0.15, 0.2) is 10.5 Å². The van der Waals surface area contributed by atoms with E-state index in [1.165, 1.54) is 0 Å². The average Bonchev–Trinajstić information content (AvgIpc) is 2.48. The molecule has 0 unspecified atom stereocenters. The molecule has 0 aromatic heterocycles. The molecule has 0 aliphatic rings. The van der Waals surface area contributed by atoms with Crippen LogP contribution >= 0.6 is 0 Å².